The molecule has 0 spiro atoms. The summed E-state index contributed by atoms with van der Waals surface area (Å²) in [5, 5.41) is 10.5. The van der Waals surface area contributed by atoms with E-state index in [1.165, 1.54) is 30.5 Å². The van der Waals surface area contributed by atoms with Crippen LogP contribution in [0.15, 0.2) is 66.9 Å². The standard InChI is InChI=1S/C24H14ClFO5S/c25-20-11-15(26)3-7-18(20)22(29)24-23(19-8-4-16(28)12-21(19)32-24)31-17-5-1-14(2-6-17)9-10-30-13-27/h1-13,28H/b10-9+. The largest absolute Gasteiger partial charge is 0.508 e. The van der Waals surface area contributed by atoms with E-state index in [-0.39, 0.29) is 21.2 Å². The summed E-state index contributed by atoms with van der Waals surface area (Å²) in [6, 6.07) is 15.2. The quantitative estimate of drug-likeness (QED) is 0.189. The smallest absolute Gasteiger partial charge is 0.297 e. The maximum absolute atomic E-state index is 13.4. The zero-order valence-corrected chi connectivity index (χ0v) is 17.8. The number of fused-ring (bicyclic) bond motifs is 1. The van der Waals surface area contributed by atoms with Crippen LogP contribution in [0.25, 0.3) is 16.2 Å². The molecule has 0 atom stereocenters. The summed E-state index contributed by atoms with van der Waals surface area (Å²) in [4.78, 5) is 23.7. The zero-order chi connectivity index (χ0) is 22.7. The van der Waals surface area contributed by atoms with E-state index >= 15 is 0 Å². The Balaban J connectivity index is 1.74. The Labute approximate surface area is 190 Å². The van der Waals surface area contributed by atoms with Crippen LogP contribution in [0.3, 0.4) is 0 Å². The number of phenols is 1. The number of aromatic hydroxyl groups is 1. The monoisotopic (exact) mass is 468 g/mol. The van der Waals surface area contributed by atoms with Crippen LogP contribution in [0.5, 0.6) is 17.2 Å². The normalized spacial score (nSPS) is 11.1. The first-order chi connectivity index (χ1) is 15.5. The fourth-order valence-electron chi connectivity index (χ4n) is 3.02. The van der Waals surface area contributed by atoms with Gasteiger partial charge in [-0.3, -0.25) is 9.59 Å². The molecule has 0 aliphatic rings. The summed E-state index contributed by atoms with van der Waals surface area (Å²) in [6.07, 6.45) is 2.86. The number of phenolic OH excluding ortho intramolecular Hbond substituents is 1. The van der Waals surface area contributed by atoms with Gasteiger partial charge in [-0.15, -0.1) is 11.3 Å². The lowest BCUT2D eigenvalue weighted by Crippen LogP contribution is -2.02. The van der Waals surface area contributed by atoms with Crippen LogP contribution >= 0.6 is 22.9 Å². The molecule has 0 radical (unpaired) electrons. The Morgan fingerprint density at radius 3 is 2.56 bits per heavy atom. The van der Waals surface area contributed by atoms with E-state index in [2.05, 4.69) is 4.74 Å². The molecule has 8 heteroatoms. The molecule has 3 aromatic carbocycles. The topological polar surface area (TPSA) is 72.8 Å². The van der Waals surface area contributed by atoms with Gasteiger partial charge in [-0.2, -0.15) is 0 Å². The molecule has 160 valence electrons. The summed E-state index contributed by atoms with van der Waals surface area (Å²) in [5.74, 6) is -0.139. The van der Waals surface area contributed by atoms with Gasteiger partial charge in [-0.25, -0.2) is 4.39 Å². The lowest BCUT2D eigenvalue weighted by atomic mass is 10.1. The molecule has 4 rings (SSSR count). The number of halogens is 2. The summed E-state index contributed by atoms with van der Waals surface area (Å²) in [6.45, 7) is 0.319. The van der Waals surface area contributed by atoms with Gasteiger partial charge in [0.25, 0.3) is 6.47 Å². The minimum Gasteiger partial charge on any atom is -0.508 e. The van der Waals surface area contributed by atoms with Crippen molar-refractivity contribution in [2.45, 2.75) is 0 Å². The number of rotatable bonds is 7. The van der Waals surface area contributed by atoms with E-state index < -0.39 is 11.6 Å². The van der Waals surface area contributed by atoms with Crippen molar-refractivity contribution in [2.75, 3.05) is 0 Å². The van der Waals surface area contributed by atoms with Crippen LogP contribution < -0.4 is 4.74 Å². The maximum atomic E-state index is 13.4. The molecule has 5 nitrogen and oxygen atoms in total. The Hall–Kier alpha value is -3.68. The molecule has 0 bridgehead atoms. The molecule has 1 N–H and O–H groups in total. The number of ketones is 1. The van der Waals surface area contributed by atoms with Gasteiger partial charge < -0.3 is 14.6 Å². The van der Waals surface area contributed by atoms with Gasteiger partial charge in [0, 0.05) is 15.6 Å². The average Bonchev–Trinajstić information content (AvgIpc) is 3.12. The van der Waals surface area contributed by atoms with Crippen molar-refractivity contribution >= 4 is 51.4 Å². The third-order valence-corrected chi connectivity index (χ3v) is 5.95. The molecule has 0 saturated carbocycles. The maximum Gasteiger partial charge on any atom is 0.297 e. The fourth-order valence-corrected chi connectivity index (χ4v) is 4.39. The highest BCUT2D eigenvalue weighted by Crippen LogP contribution is 2.43. The molecule has 4 aromatic rings. The number of carbonyl (C=O) groups is 2. The van der Waals surface area contributed by atoms with E-state index in [1.54, 1.807) is 36.4 Å². The second kappa shape index (κ2) is 9.21. The third-order valence-electron chi connectivity index (χ3n) is 4.50. The highest BCUT2D eigenvalue weighted by molar-refractivity contribution is 7.21. The Morgan fingerprint density at radius 2 is 1.84 bits per heavy atom. The van der Waals surface area contributed by atoms with Gasteiger partial charge in [0.2, 0.25) is 5.78 Å². The fraction of sp³-hybridized carbons (Fsp3) is 0. The molecule has 1 aromatic heterocycles. The lowest BCUT2D eigenvalue weighted by molar-refractivity contribution is -0.123. The molecule has 0 amide bonds. The predicted molar refractivity (Wildman–Crippen MR) is 121 cm³/mol. The van der Waals surface area contributed by atoms with E-state index in [4.69, 9.17) is 16.3 Å². The van der Waals surface area contributed by atoms with E-state index in [0.717, 1.165) is 23.0 Å². The van der Waals surface area contributed by atoms with Crippen molar-refractivity contribution < 1.29 is 28.6 Å². The molecule has 0 saturated heterocycles. The van der Waals surface area contributed by atoms with Crippen LogP contribution in [0.1, 0.15) is 20.8 Å². The van der Waals surface area contributed by atoms with Crippen LogP contribution in [0.4, 0.5) is 4.39 Å². The third kappa shape index (κ3) is 4.49. The van der Waals surface area contributed by atoms with Gasteiger partial charge in [0.15, 0.2) is 5.75 Å². The zero-order valence-electron chi connectivity index (χ0n) is 16.2. The first-order valence-corrected chi connectivity index (χ1v) is 10.4. The highest BCUT2D eigenvalue weighted by atomic mass is 35.5. The minimum absolute atomic E-state index is 0.00469. The number of benzene rings is 3. The molecule has 0 aliphatic heterocycles. The number of ether oxygens (including phenoxy) is 2. The van der Waals surface area contributed by atoms with Gasteiger partial charge >= 0.3 is 0 Å². The van der Waals surface area contributed by atoms with Gasteiger partial charge in [-0.05, 0) is 60.2 Å². The van der Waals surface area contributed by atoms with Gasteiger partial charge in [0.1, 0.15) is 22.2 Å². The van der Waals surface area contributed by atoms with Crippen molar-refractivity contribution in [3.8, 4) is 17.2 Å². The SMILES string of the molecule is O=CO/C=C/c1ccc(Oc2c(C(=O)c3ccc(F)cc3Cl)sc3cc(O)ccc23)cc1. The summed E-state index contributed by atoms with van der Waals surface area (Å²) in [5.41, 5.74) is 0.915. The summed E-state index contributed by atoms with van der Waals surface area (Å²) in [7, 11) is 0. The number of carbonyl (C=O) groups excluding carboxylic acids is 2. The average molecular weight is 469 g/mol. The van der Waals surface area contributed by atoms with Gasteiger partial charge in [-0.1, -0.05) is 23.7 Å². The molecular formula is C24H14ClFO5S. The molecule has 1 heterocycles. The van der Waals surface area contributed by atoms with Crippen molar-refractivity contribution in [1.29, 1.82) is 0 Å². The second-order valence-corrected chi connectivity index (χ2v) is 8.06. The van der Waals surface area contributed by atoms with E-state index in [1.807, 2.05) is 0 Å². The Kier molecular flexibility index (Phi) is 6.20. The number of thiophene rings is 1. The molecule has 0 aliphatic carbocycles. The molecule has 32 heavy (non-hydrogen) atoms. The number of hydrogen-bond donors (Lipinski definition) is 1. The highest BCUT2D eigenvalue weighted by Gasteiger charge is 2.24. The van der Waals surface area contributed by atoms with Crippen LogP contribution in [0.2, 0.25) is 5.02 Å². The van der Waals surface area contributed by atoms with Crippen molar-refractivity contribution in [2.24, 2.45) is 0 Å². The molecular weight excluding hydrogens is 455 g/mol. The van der Waals surface area contributed by atoms with Crippen molar-refractivity contribution in [3.05, 3.63) is 93.8 Å². The Morgan fingerprint density at radius 1 is 1.06 bits per heavy atom. The Bertz CT molecular complexity index is 1340. The predicted octanol–water partition coefficient (Wildman–Crippen LogP) is 6.57. The van der Waals surface area contributed by atoms with Crippen LogP contribution in [-0.4, -0.2) is 17.4 Å². The second-order valence-electron chi connectivity index (χ2n) is 6.60. The first kappa shape index (κ1) is 21.5. The summed E-state index contributed by atoms with van der Waals surface area (Å²) < 4.78 is 24.7. The molecule has 0 fully saturated rings. The minimum atomic E-state index is -0.544. The van der Waals surface area contributed by atoms with Crippen molar-refractivity contribution in [3.63, 3.8) is 0 Å². The van der Waals surface area contributed by atoms with Crippen molar-refractivity contribution in [1.82, 2.24) is 0 Å². The van der Waals surface area contributed by atoms with E-state index in [9.17, 15) is 19.1 Å². The lowest BCUT2D eigenvalue weighted by Gasteiger charge is -2.09. The number of hydrogen-bond acceptors (Lipinski definition) is 6. The van der Waals surface area contributed by atoms with Crippen LogP contribution in [-0.2, 0) is 9.53 Å². The molecule has 0 unspecified atom stereocenters. The van der Waals surface area contributed by atoms with Gasteiger partial charge in [0.05, 0.1) is 11.3 Å². The first-order valence-electron chi connectivity index (χ1n) is 9.25. The van der Waals surface area contributed by atoms with Crippen LogP contribution in [0, 0.1) is 5.82 Å². The summed E-state index contributed by atoms with van der Waals surface area (Å²) >= 11 is 7.25. The van der Waals surface area contributed by atoms with E-state index in [0.29, 0.717) is 28.1 Å².